The van der Waals surface area contributed by atoms with Gasteiger partial charge in [-0.1, -0.05) is 11.2 Å². The number of hydrogen-bond acceptors (Lipinski definition) is 7. The maximum atomic E-state index is 11.8. The van der Waals surface area contributed by atoms with E-state index in [2.05, 4.69) is 16.2 Å². The third-order valence-corrected chi connectivity index (χ3v) is 4.71. The fraction of sp³-hybridized carbons (Fsp3) is 0.278. The first-order valence-electron chi connectivity index (χ1n) is 8.03. The highest BCUT2D eigenvalue weighted by Crippen LogP contribution is 2.26. The largest absolute Gasteiger partial charge is 0.482 e. The van der Waals surface area contributed by atoms with E-state index in [1.54, 1.807) is 11.3 Å². The summed E-state index contributed by atoms with van der Waals surface area (Å²) in [5.41, 5.74) is 3.55. The van der Waals surface area contributed by atoms with Crippen LogP contribution >= 0.6 is 11.3 Å². The number of carbonyl (C=O) groups excluding carboxylic acids is 1. The van der Waals surface area contributed by atoms with Crippen LogP contribution in [0.4, 0.5) is 0 Å². The summed E-state index contributed by atoms with van der Waals surface area (Å²) in [7, 11) is 0. The Bertz CT molecular complexity index is 873. The second-order valence-electron chi connectivity index (χ2n) is 5.76. The van der Waals surface area contributed by atoms with E-state index in [-0.39, 0.29) is 19.1 Å². The number of fused-ring (bicyclic) bond motifs is 1. The van der Waals surface area contributed by atoms with Crippen LogP contribution in [0.3, 0.4) is 0 Å². The lowest BCUT2D eigenvalue weighted by molar-refractivity contribution is -0.148. The van der Waals surface area contributed by atoms with E-state index in [0.717, 1.165) is 18.4 Å². The Morgan fingerprint density at radius 1 is 1.24 bits per heavy atom. The molecule has 1 aliphatic rings. The summed E-state index contributed by atoms with van der Waals surface area (Å²) in [6.07, 6.45) is 3.37. The molecule has 0 saturated heterocycles. The van der Waals surface area contributed by atoms with Crippen molar-refractivity contribution in [2.45, 2.75) is 25.9 Å². The third kappa shape index (κ3) is 3.71. The molecule has 0 N–H and O–H groups in total. The lowest BCUT2D eigenvalue weighted by Crippen LogP contribution is -2.15. The van der Waals surface area contributed by atoms with Crippen molar-refractivity contribution < 1.29 is 18.8 Å². The lowest BCUT2D eigenvalue weighted by Gasteiger charge is -2.07. The number of carbonyl (C=O) groups is 1. The summed E-state index contributed by atoms with van der Waals surface area (Å²) in [6.45, 7) is -0.214. The first-order valence-corrected chi connectivity index (χ1v) is 8.97. The average molecular weight is 356 g/mol. The zero-order valence-electron chi connectivity index (χ0n) is 13.4. The molecule has 0 spiro atoms. The molecule has 0 unspecified atom stereocenters. The van der Waals surface area contributed by atoms with Crippen LogP contribution in [0, 0.1) is 0 Å². The molecule has 25 heavy (non-hydrogen) atoms. The minimum absolute atomic E-state index is 0.0660. The van der Waals surface area contributed by atoms with E-state index >= 15 is 0 Å². The second kappa shape index (κ2) is 7.06. The Morgan fingerprint density at radius 2 is 2.16 bits per heavy atom. The molecule has 2 aromatic heterocycles. The predicted molar refractivity (Wildman–Crippen MR) is 91.4 cm³/mol. The van der Waals surface area contributed by atoms with Crippen molar-refractivity contribution in [3.05, 3.63) is 52.0 Å². The first-order chi connectivity index (χ1) is 12.3. The topological polar surface area (TPSA) is 74.5 Å². The van der Waals surface area contributed by atoms with Gasteiger partial charge in [0, 0.05) is 10.9 Å². The number of ether oxygens (including phenoxy) is 2. The van der Waals surface area contributed by atoms with Crippen molar-refractivity contribution in [1.82, 2.24) is 10.1 Å². The summed E-state index contributed by atoms with van der Waals surface area (Å²) in [6, 6.07) is 7.85. The summed E-state index contributed by atoms with van der Waals surface area (Å²) < 4.78 is 15.7. The molecule has 0 saturated carbocycles. The van der Waals surface area contributed by atoms with Crippen LogP contribution in [-0.2, 0) is 29.0 Å². The zero-order valence-corrected chi connectivity index (χ0v) is 14.3. The van der Waals surface area contributed by atoms with E-state index < -0.39 is 5.97 Å². The molecule has 0 fully saturated rings. The van der Waals surface area contributed by atoms with Crippen molar-refractivity contribution in [1.29, 1.82) is 0 Å². The van der Waals surface area contributed by atoms with Crippen LogP contribution in [0.1, 0.15) is 23.4 Å². The van der Waals surface area contributed by atoms with E-state index in [9.17, 15) is 4.79 Å². The van der Waals surface area contributed by atoms with Crippen LogP contribution in [0.25, 0.3) is 11.4 Å². The fourth-order valence-corrected chi connectivity index (χ4v) is 3.42. The van der Waals surface area contributed by atoms with E-state index in [4.69, 9.17) is 14.0 Å². The van der Waals surface area contributed by atoms with E-state index in [1.165, 1.54) is 17.5 Å². The van der Waals surface area contributed by atoms with Gasteiger partial charge in [0.1, 0.15) is 5.75 Å². The molecular formula is C18H16N2O4S. The number of hydrogen-bond donors (Lipinski definition) is 0. The maximum Gasteiger partial charge on any atom is 0.344 e. The highest BCUT2D eigenvalue weighted by molar-refractivity contribution is 7.08. The molecule has 0 bridgehead atoms. The molecule has 4 rings (SSSR count). The fourth-order valence-electron chi connectivity index (χ4n) is 2.79. The second-order valence-corrected chi connectivity index (χ2v) is 6.54. The summed E-state index contributed by atoms with van der Waals surface area (Å²) >= 11 is 1.55. The Kier molecular flexibility index (Phi) is 4.47. The molecule has 1 aromatic carbocycles. The van der Waals surface area contributed by atoms with Crippen LogP contribution < -0.4 is 4.74 Å². The van der Waals surface area contributed by atoms with Crippen molar-refractivity contribution >= 4 is 17.3 Å². The molecule has 6 nitrogen and oxygen atoms in total. The van der Waals surface area contributed by atoms with Crippen molar-refractivity contribution in [2.75, 3.05) is 6.61 Å². The quantitative estimate of drug-likeness (QED) is 0.630. The highest BCUT2D eigenvalue weighted by atomic mass is 32.1. The van der Waals surface area contributed by atoms with E-state index in [0.29, 0.717) is 11.6 Å². The summed E-state index contributed by atoms with van der Waals surface area (Å²) in [5, 5.41) is 7.72. The number of rotatable bonds is 6. The monoisotopic (exact) mass is 356 g/mol. The number of nitrogens with zero attached hydrogens (tertiary/aromatic N) is 2. The molecule has 1 aliphatic carbocycles. The van der Waals surface area contributed by atoms with Gasteiger partial charge in [0.25, 0.3) is 5.89 Å². The van der Waals surface area contributed by atoms with Gasteiger partial charge in [-0.15, -0.1) is 0 Å². The van der Waals surface area contributed by atoms with Gasteiger partial charge in [-0.2, -0.15) is 16.3 Å². The molecule has 0 atom stereocenters. The first kappa shape index (κ1) is 15.8. The molecule has 0 aliphatic heterocycles. The Hall–Kier alpha value is -2.67. The van der Waals surface area contributed by atoms with Gasteiger partial charge in [-0.25, -0.2) is 4.79 Å². The molecule has 0 amide bonds. The highest BCUT2D eigenvalue weighted by Gasteiger charge is 2.14. The molecule has 128 valence electrons. The SMILES string of the molecule is O=C(COc1ccc2c(c1)CCC2)OCc1nc(-c2ccsc2)no1. The smallest absolute Gasteiger partial charge is 0.344 e. The number of aryl methyl sites for hydroxylation is 2. The predicted octanol–water partition coefficient (Wildman–Crippen LogP) is 3.41. The lowest BCUT2D eigenvalue weighted by atomic mass is 10.1. The van der Waals surface area contributed by atoms with E-state index in [1.807, 2.05) is 29.0 Å². The van der Waals surface area contributed by atoms with Crippen LogP contribution in [-0.4, -0.2) is 22.7 Å². The molecule has 0 radical (unpaired) electrons. The van der Waals surface area contributed by atoms with Gasteiger partial charge in [-0.3, -0.25) is 0 Å². The average Bonchev–Trinajstić information content (AvgIpc) is 3.38. The van der Waals surface area contributed by atoms with Crippen LogP contribution in [0.5, 0.6) is 5.75 Å². The molecular weight excluding hydrogens is 340 g/mol. The normalized spacial score (nSPS) is 12.8. The standard InChI is InChI=1S/C18H16N2O4S/c21-17(10-22-15-5-4-12-2-1-3-13(12)8-15)23-9-16-19-18(20-24-16)14-6-7-25-11-14/h4-8,11H,1-3,9-10H2. The summed E-state index contributed by atoms with van der Waals surface area (Å²) in [4.78, 5) is 16.0. The summed E-state index contributed by atoms with van der Waals surface area (Å²) in [5.74, 6) is 0.958. The minimum atomic E-state index is -0.476. The van der Waals surface area contributed by atoms with Crippen LogP contribution in [0.15, 0.2) is 39.5 Å². The van der Waals surface area contributed by atoms with Crippen LogP contribution in [0.2, 0.25) is 0 Å². The molecule has 7 heteroatoms. The number of esters is 1. The van der Waals surface area contributed by atoms with Crippen molar-refractivity contribution in [3.8, 4) is 17.1 Å². The third-order valence-electron chi connectivity index (χ3n) is 4.03. The van der Waals surface area contributed by atoms with Crippen molar-refractivity contribution in [3.63, 3.8) is 0 Å². The van der Waals surface area contributed by atoms with Gasteiger partial charge >= 0.3 is 5.97 Å². The van der Waals surface area contributed by atoms with Gasteiger partial charge < -0.3 is 14.0 Å². The van der Waals surface area contributed by atoms with Crippen molar-refractivity contribution in [2.24, 2.45) is 0 Å². The number of thiophene rings is 1. The van der Waals surface area contributed by atoms with Gasteiger partial charge in [-0.05, 0) is 54.0 Å². The van der Waals surface area contributed by atoms with Gasteiger partial charge in [0.15, 0.2) is 13.2 Å². The van der Waals surface area contributed by atoms with Gasteiger partial charge in [0.2, 0.25) is 5.82 Å². The Labute approximate surface area is 148 Å². The Morgan fingerprint density at radius 3 is 3.04 bits per heavy atom. The Balaban J connectivity index is 1.27. The number of aromatic nitrogens is 2. The zero-order chi connectivity index (χ0) is 17.1. The van der Waals surface area contributed by atoms with Gasteiger partial charge in [0.05, 0.1) is 0 Å². The minimum Gasteiger partial charge on any atom is -0.482 e. The molecule has 2 heterocycles. The molecule has 3 aromatic rings. The number of benzene rings is 1. The maximum absolute atomic E-state index is 11.8.